The van der Waals surface area contributed by atoms with Crippen molar-refractivity contribution in [2.24, 2.45) is 11.7 Å². The van der Waals surface area contributed by atoms with E-state index in [9.17, 15) is 4.79 Å². The van der Waals surface area contributed by atoms with Gasteiger partial charge in [-0.2, -0.15) is 0 Å². The van der Waals surface area contributed by atoms with Gasteiger partial charge in [0.2, 0.25) is 5.91 Å². The van der Waals surface area contributed by atoms with E-state index in [4.69, 9.17) is 22.1 Å². The van der Waals surface area contributed by atoms with E-state index < -0.39 is 0 Å². The molecule has 5 nitrogen and oxygen atoms in total. The lowest BCUT2D eigenvalue weighted by atomic mass is 9.85. The zero-order chi connectivity index (χ0) is 17.8. The number of benzene rings is 1. The van der Waals surface area contributed by atoms with Crippen LogP contribution in [0.5, 0.6) is 5.75 Å². The van der Waals surface area contributed by atoms with Gasteiger partial charge in [-0.3, -0.25) is 9.69 Å². The first-order valence-electron chi connectivity index (χ1n) is 9.16. The SMILES string of the molecule is COc1ccc(Cl)cc1CN1CCN(C(=O)C2CCCC(N)C2)CC1.Cl.Cl. The maximum atomic E-state index is 12.7. The summed E-state index contributed by atoms with van der Waals surface area (Å²) in [7, 11) is 1.68. The van der Waals surface area contributed by atoms with Gasteiger partial charge in [0, 0.05) is 55.3 Å². The zero-order valence-corrected chi connectivity index (χ0v) is 18.1. The van der Waals surface area contributed by atoms with Gasteiger partial charge < -0.3 is 15.4 Å². The number of carbonyl (C=O) groups excluding carboxylic acids is 1. The Balaban J connectivity index is 0.00000182. The second-order valence-corrected chi connectivity index (χ2v) is 7.62. The molecule has 2 fully saturated rings. The summed E-state index contributed by atoms with van der Waals surface area (Å²) in [5.41, 5.74) is 7.13. The molecule has 1 aliphatic carbocycles. The van der Waals surface area contributed by atoms with Crippen LogP contribution >= 0.6 is 36.4 Å². The molecular formula is C19H30Cl3N3O2. The minimum Gasteiger partial charge on any atom is -0.496 e. The first-order chi connectivity index (χ1) is 12.1. The Morgan fingerprint density at radius 3 is 2.56 bits per heavy atom. The van der Waals surface area contributed by atoms with Crippen molar-refractivity contribution in [3.05, 3.63) is 28.8 Å². The van der Waals surface area contributed by atoms with Crippen LogP contribution in [-0.2, 0) is 11.3 Å². The van der Waals surface area contributed by atoms with Crippen LogP contribution in [0, 0.1) is 5.92 Å². The van der Waals surface area contributed by atoms with Gasteiger partial charge in [0.25, 0.3) is 0 Å². The van der Waals surface area contributed by atoms with E-state index in [1.165, 1.54) is 0 Å². The van der Waals surface area contributed by atoms with Crippen molar-refractivity contribution >= 4 is 42.3 Å². The fourth-order valence-corrected chi connectivity index (χ4v) is 4.14. The van der Waals surface area contributed by atoms with Gasteiger partial charge in [-0.05, 0) is 37.5 Å². The number of piperazine rings is 1. The van der Waals surface area contributed by atoms with Crippen LogP contribution in [0.4, 0.5) is 0 Å². The third-order valence-corrected chi connectivity index (χ3v) is 5.62. The molecule has 1 aliphatic heterocycles. The smallest absolute Gasteiger partial charge is 0.225 e. The number of hydrogen-bond donors (Lipinski definition) is 1. The molecule has 2 aliphatic rings. The topological polar surface area (TPSA) is 58.8 Å². The third kappa shape index (κ3) is 6.40. The van der Waals surface area contributed by atoms with E-state index in [0.29, 0.717) is 5.91 Å². The minimum atomic E-state index is 0. The van der Waals surface area contributed by atoms with E-state index in [2.05, 4.69) is 4.90 Å². The van der Waals surface area contributed by atoms with Gasteiger partial charge in [-0.15, -0.1) is 24.8 Å². The van der Waals surface area contributed by atoms with Crippen LogP contribution in [0.2, 0.25) is 5.02 Å². The summed E-state index contributed by atoms with van der Waals surface area (Å²) in [5, 5.41) is 0.721. The monoisotopic (exact) mass is 437 g/mol. The Labute approximate surface area is 179 Å². The van der Waals surface area contributed by atoms with Crippen molar-refractivity contribution in [1.29, 1.82) is 0 Å². The number of carbonyl (C=O) groups is 1. The molecule has 1 aromatic carbocycles. The quantitative estimate of drug-likeness (QED) is 0.783. The summed E-state index contributed by atoms with van der Waals surface area (Å²) in [5.74, 6) is 1.29. The highest BCUT2D eigenvalue weighted by Crippen LogP contribution is 2.27. The standard InChI is InChI=1S/C19H28ClN3O2.2ClH/c1-25-18-6-5-16(20)11-15(18)13-22-7-9-23(10-8-22)19(24)14-3-2-4-17(21)12-14;;/h5-6,11,14,17H,2-4,7-10,12-13,21H2,1H3;2*1H. The summed E-state index contributed by atoms with van der Waals surface area (Å²) in [6, 6.07) is 5.90. The molecular weight excluding hydrogens is 409 g/mol. The number of nitrogens with zero attached hydrogens (tertiary/aromatic N) is 2. The van der Waals surface area contributed by atoms with Gasteiger partial charge >= 0.3 is 0 Å². The highest BCUT2D eigenvalue weighted by atomic mass is 35.5. The van der Waals surface area contributed by atoms with E-state index >= 15 is 0 Å². The van der Waals surface area contributed by atoms with Crippen molar-refractivity contribution in [1.82, 2.24) is 9.80 Å². The van der Waals surface area contributed by atoms with E-state index in [1.807, 2.05) is 23.1 Å². The maximum absolute atomic E-state index is 12.7. The Hall–Kier alpha value is -0.720. The van der Waals surface area contributed by atoms with E-state index in [-0.39, 0.29) is 36.8 Å². The molecule has 1 aromatic rings. The van der Waals surface area contributed by atoms with Crippen molar-refractivity contribution in [3.63, 3.8) is 0 Å². The normalized spacial score (nSPS) is 23.1. The van der Waals surface area contributed by atoms with Crippen molar-refractivity contribution in [3.8, 4) is 5.75 Å². The molecule has 1 saturated heterocycles. The van der Waals surface area contributed by atoms with Crippen LogP contribution in [0.1, 0.15) is 31.2 Å². The summed E-state index contributed by atoms with van der Waals surface area (Å²) < 4.78 is 5.43. The number of ether oxygens (including phenoxy) is 1. The molecule has 2 unspecified atom stereocenters. The first-order valence-corrected chi connectivity index (χ1v) is 9.53. The molecule has 3 rings (SSSR count). The molecule has 154 valence electrons. The summed E-state index contributed by atoms with van der Waals surface area (Å²) in [6.07, 6.45) is 3.97. The predicted molar refractivity (Wildman–Crippen MR) is 114 cm³/mol. The highest BCUT2D eigenvalue weighted by Gasteiger charge is 2.30. The minimum absolute atomic E-state index is 0. The summed E-state index contributed by atoms with van der Waals surface area (Å²) >= 11 is 6.12. The fraction of sp³-hybridized carbons (Fsp3) is 0.632. The van der Waals surface area contributed by atoms with Gasteiger partial charge in [-0.25, -0.2) is 0 Å². The van der Waals surface area contributed by atoms with Gasteiger partial charge in [0.1, 0.15) is 5.75 Å². The Bertz CT molecular complexity index is 610. The van der Waals surface area contributed by atoms with Gasteiger partial charge in [0.05, 0.1) is 7.11 Å². The zero-order valence-electron chi connectivity index (χ0n) is 15.7. The predicted octanol–water partition coefficient (Wildman–Crippen LogP) is 3.35. The molecule has 0 aromatic heterocycles. The largest absolute Gasteiger partial charge is 0.496 e. The van der Waals surface area contributed by atoms with Crippen LogP contribution < -0.4 is 10.5 Å². The molecule has 0 bridgehead atoms. The van der Waals surface area contributed by atoms with E-state index in [0.717, 1.165) is 74.7 Å². The number of halogens is 3. The lowest BCUT2D eigenvalue weighted by molar-refractivity contribution is -0.138. The Morgan fingerprint density at radius 2 is 1.93 bits per heavy atom. The molecule has 2 atom stereocenters. The lowest BCUT2D eigenvalue weighted by Crippen LogP contribution is -2.51. The van der Waals surface area contributed by atoms with Crippen molar-refractivity contribution < 1.29 is 9.53 Å². The highest BCUT2D eigenvalue weighted by molar-refractivity contribution is 6.30. The van der Waals surface area contributed by atoms with Gasteiger partial charge in [-0.1, -0.05) is 18.0 Å². The van der Waals surface area contributed by atoms with Crippen LogP contribution in [0.15, 0.2) is 18.2 Å². The Morgan fingerprint density at radius 1 is 1.22 bits per heavy atom. The molecule has 1 amide bonds. The van der Waals surface area contributed by atoms with Crippen LogP contribution in [-0.4, -0.2) is 55.0 Å². The van der Waals surface area contributed by atoms with Crippen LogP contribution in [0.3, 0.4) is 0 Å². The number of amides is 1. The molecule has 1 saturated carbocycles. The average molecular weight is 439 g/mol. The average Bonchev–Trinajstić information content (AvgIpc) is 2.62. The molecule has 1 heterocycles. The summed E-state index contributed by atoms with van der Waals surface area (Å²) in [6.45, 7) is 4.11. The molecule has 0 radical (unpaired) electrons. The second kappa shape index (κ2) is 11.3. The maximum Gasteiger partial charge on any atom is 0.225 e. The Kier molecular flexibility index (Phi) is 10.2. The van der Waals surface area contributed by atoms with Crippen LogP contribution in [0.25, 0.3) is 0 Å². The van der Waals surface area contributed by atoms with Crippen molar-refractivity contribution in [2.45, 2.75) is 38.3 Å². The number of nitrogens with two attached hydrogens (primary N) is 1. The van der Waals surface area contributed by atoms with E-state index in [1.54, 1.807) is 7.11 Å². The molecule has 0 spiro atoms. The molecule has 27 heavy (non-hydrogen) atoms. The fourth-order valence-electron chi connectivity index (χ4n) is 3.95. The molecule has 2 N–H and O–H groups in total. The lowest BCUT2D eigenvalue weighted by Gasteiger charge is -2.38. The number of hydrogen-bond acceptors (Lipinski definition) is 4. The second-order valence-electron chi connectivity index (χ2n) is 7.18. The number of methoxy groups -OCH3 is 1. The molecule has 8 heteroatoms. The summed E-state index contributed by atoms with van der Waals surface area (Å²) in [4.78, 5) is 17.1. The first kappa shape index (κ1) is 24.3. The third-order valence-electron chi connectivity index (χ3n) is 5.38. The van der Waals surface area contributed by atoms with Gasteiger partial charge in [0.15, 0.2) is 0 Å². The number of rotatable bonds is 4. The van der Waals surface area contributed by atoms with Crippen molar-refractivity contribution in [2.75, 3.05) is 33.3 Å².